The topological polar surface area (TPSA) is 26.3 Å². The molecule has 0 saturated heterocycles. The minimum atomic E-state index is -8.75. The van der Waals surface area contributed by atoms with Crippen LogP contribution in [0.4, 0.5) is 83.4 Å². The van der Waals surface area contributed by atoms with Gasteiger partial charge >= 0.3 is 59.7 Å². The standard InChI is InChI=1S/C16H11F19O2/c1-6(2)7(36)37-16(34,35)15(32,33)14(30,31)13(28,29)12(26,27)11(24,25)10(22,23)8(17,18)4-3-5-9(19,20)21/h1,3-5H2,2H3. The van der Waals surface area contributed by atoms with Gasteiger partial charge in [0.25, 0.3) is 0 Å². The molecule has 0 unspecified atom stereocenters. The monoisotopic (exact) mass is 596 g/mol. The minimum absolute atomic E-state index is 0.370. The maximum absolute atomic E-state index is 13.6. The van der Waals surface area contributed by atoms with Gasteiger partial charge in [0.05, 0.1) is 0 Å². The Balaban J connectivity index is 6.60. The third-order valence-corrected chi connectivity index (χ3v) is 4.32. The quantitative estimate of drug-likeness (QED) is 0.130. The fourth-order valence-electron chi connectivity index (χ4n) is 2.14. The number of alkyl halides is 19. The van der Waals surface area contributed by atoms with Gasteiger partial charge in [-0.2, -0.15) is 83.4 Å². The number of ether oxygens (including phenoxy) is 1. The van der Waals surface area contributed by atoms with Crippen molar-refractivity contribution in [3.8, 4) is 0 Å². The summed E-state index contributed by atoms with van der Waals surface area (Å²) in [6, 6.07) is 0. The second-order valence-electron chi connectivity index (χ2n) is 7.31. The van der Waals surface area contributed by atoms with E-state index in [4.69, 9.17) is 0 Å². The van der Waals surface area contributed by atoms with E-state index in [-0.39, 0.29) is 0 Å². The van der Waals surface area contributed by atoms with Gasteiger partial charge in [-0.25, -0.2) is 4.79 Å². The van der Waals surface area contributed by atoms with E-state index in [2.05, 4.69) is 11.3 Å². The third-order valence-electron chi connectivity index (χ3n) is 4.32. The van der Waals surface area contributed by atoms with Crippen LogP contribution in [0.2, 0.25) is 0 Å². The number of carbonyl (C=O) groups excluding carboxylic acids is 1. The van der Waals surface area contributed by atoms with Gasteiger partial charge in [-0.3, -0.25) is 0 Å². The number of rotatable bonds is 12. The lowest BCUT2D eigenvalue weighted by Gasteiger charge is -2.43. The van der Waals surface area contributed by atoms with Crippen molar-refractivity contribution in [1.82, 2.24) is 0 Å². The van der Waals surface area contributed by atoms with Crippen LogP contribution in [0, 0.1) is 0 Å². The van der Waals surface area contributed by atoms with E-state index < -0.39 is 84.5 Å². The maximum atomic E-state index is 13.6. The highest BCUT2D eigenvalue weighted by Crippen LogP contribution is 2.64. The summed E-state index contributed by atoms with van der Waals surface area (Å²) >= 11 is 0. The molecule has 0 amide bonds. The molecule has 0 aromatic carbocycles. The van der Waals surface area contributed by atoms with Crippen molar-refractivity contribution in [1.29, 1.82) is 0 Å². The van der Waals surface area contributed by atoms with E-state index in [0.29, 0.717) is 6.92 Å². The van der Waals surface area contributed by atoms with Gasteiger partial charge in [0.15, 0.2) is 0 Å². The Bertz CT molecular complexity index is 855. The van der Waals surface area contributed by atoms with Crippen LogP contribution < -0.4 is 0 Å². The van der Waals surface area contributed by atoms with E-state index in [1.807, 2.05) is 0 Å². The van der Waals surface area contributed by atoms with Gasteiger partial charge in [0.1, 0.15) is 0 Å². The molecule has 0 N–H and O–H groups in total. The molecular weight excluding hydrogens is 585 g/mol. The second-order valence-corrected chi connectivity index (χ2v) is 7.31. The highest BCUT2D eigenvalue weighted by molar-refractivity contribution is 5.87. The molecular formula is C16H11F19O2. The molecule has 0 atom stereocenters. The van der Waals surface area contributed by atoms with Gasteiger partial charge in [-0.15, -0.1) is 0 Å². The van der Waals surface area contributed by atoms with Gasteiger partial charge in [0.2, 0.25) is 0 Å². The maximum Gasteiger partial charge on any atom is 0.473 e. The number of carbonyl (C=O) groups is 1. The predicted octanol–water partition coefficient (Wildman–Crippen LogP) is 7.88. The van der Waals surface area contributed by atoms with Crippen LogP contribution in [-0.2, 0) is 9.53 Å². The first kappa shape index (κ1) is 34.9. The van der Waals surface area contributed by atoms with Crippen molar-refractivity contribution in [2.45, 2.75) is 79.9 Å². The molecule has 37 heavy (non-hydrogen) atoms. The molecule has 2 nitrogen and oxygen atoms in total. The molecule has 0 heterocycles. The molecule has 220 valence electrons. The van der Waals surface area contributed by atoms with E-state index in [1.165, 1.54) is 0 Å². The van der Waals surface area contributed by atoms with E-state index in [0.717, 1.165) is 0 Å². The average molecular weight is 596 g/mol. The van der Waals surface area contributed by atoms with Gasteiger partial charge < -0.3 is 4.74 Å². The Kier molecular flexibility index (Phi) is 9.02. The average Bonchev–Trinajstić information content (AvgIpc) is 2.65. The van der Waals surface area contributed by atoms with Crippen LogP contribution in [0.5, 0.6) is 0 Å². The van der Waals surface area contributed by atoms with Crippen LogP contribution >= 0.6 is 0 Å². The molecule has 0 aromatic heterocycles. The van der Waals surface area contributed by atoms with Crippen LogP contribution in [0.25, 0.3) is 0 Å². The Morgan fingerprint density at radius 3 is 1.22 bits per heavy atom. The molecule has 0 aliphatic heterocycles. The van der Waals surface area contributed by atoms with Gasteiger partial charge in [0, 0.05) is 18.4 Å². The fraction of sp³-hybridized carbons (Fsp3) is 0.812. The van der Waals surface area contributed by atoms with Crippen molar-refractivity contribution < 1.29 is 92.9 Å². The van der Waals surface area contributed by atoms with Gasteiger partial charge in [-0.1, -0.05) is 6.58 Å². The summed E-state index contributed by atoms with van der Waals surface area (Å²) in [5, 5.41) is 0. The zero-order valence-electron chi connectivity index (χ0n) is 17.3. The van der Waals surface area contributed by atoms with E-state index in [9.17, 15) is 88.2 Å². The Morgan fingerprint density at radius 1 is 0.568 bits per heavy atom. The third kappa shape index (κ3) is 5.68. The summed E-state index contributed by atoms with van der Waals surface area (Å²) in [5.74, 6) is -60.2. The Labute approximate surface area is 192 Å². The number of esters is 1. The molecule has 0 radical (unpaired) electrons. The summed E-state index contributed by atoms with van der Waals surface area (Å²) in [5.41, 5.74) is -1.32. The summed E-state index contributed by atoms with van der Waals surface area (Å²) in [7, 11) is 0. The molecule has 0 rings (SSSR count). The van der Waals surface area contributed by atoms with E-state index in [1.54, 1.807) is 0 Å². The molecule has 0 aliphatic carbocycles. The fourth-order valence-corrected chi connectivity index (χ4v) is 2.14. The molecule has 21 heteroatoms. The first-order chi connectivity index (χ1) is 15.8. The minimum Gasteiger partial charge on any atom is -0.393 e. The molecule has 0 spiro atoms. The summed E-state index contributed by atoms with van der Waals surface area (Å²) in [4.78, 5) is 10.8. The van der Waals surface area contributed by atoms with Crippen LogP contribution in [0.15, 0.2) is 12.2 Å². The lowest BCUT2D eigenvalue weighted by atomic mass is 9.87. The van der Waals surface area contributed by atoms with Crippen LogP contribution in [0.3, 0.4) is 0 Å². The largest absolute Gasteiger partial charge is 0.473 e. The van der Waals surface area contributed by atoms with Crippen molar-refractivity contribution >= 4 is 5.97 Å². The van der Waals surface area contributed by atoms with Crippen LogP contribution in [0.1, 0.15) is 26.2 Å². The number of hydrogen-bond acceptors (Lipinski definition) is 2. The molecule has 0 aliphatic rings. The highest BCUT2D eigenvalue weighted by atomic mass is 19.4. The van der Waals surface area contributed by atoms with Crippen molar-refractivity contribution in [2.75, 3.05) is 0 Å². The van der Waals surface area contributed by atoms with Gasteiger partial charge in [-0.05, 0) is 13.3 Å². The van der Waals surface area contributed by atoms with E-state index >= 15 is 0 Å². The second kappa shape index (κ2) is 9.57. The normalized spacial score (nSPS) is 15.6. The summed E-state index contributed by atoms with van der Waals surface area (Å²) in [6.45, 7) is 2.83. The number of halogens is 19. The lowest BCUT2D eigenvalue weighted by molar-refractivity contribution is -0.468. The predicted molar refractivity (Wildman–Crippen MR) is 80.4 cm³/mol. The summed E-state index contributed by atoms with van der Waals surface area (Å²) in [6.07, 6.45) is -20.5. The first-order valence-electron chi connectivity index (χ1n) is 8.76. The zero-order valence-corrected chi connectivity index (χ0v) is 17.3. The SMILES string of the molecule is C=C(C)C(=O)OC(F)(F)C(F)(F)C(F)(F)C(F)(F)C(F)(F)C(F)(F)C(F)(F)C(F)(F)CCCC(F)(F)F. The van der Waals surface area contributed by atoms with Crippen LogP contribution in [-0.4, -0.2) is 59.7 Å². The zero-order chi connectivity index (χ0) is 30.5. The Hall–Kier alpha value is -2.12. The first-order valence-corrected chi connectivity index (χ1v) is 8.76. The van der Waals surface area contributed by atoms with Crippen molar-refractivity contribution in [3.63, 3.8) is 0 Å². The molecule has 0 saturated carbocycles. The highest BCUT2D eigenvalue weighted by Gasteiger charge is 2.95. The summed E-state index contributed by atoms with van der Waals surface area (Å²) < 4.78 is 255. The lowest BCUT2D eigenvalue weighted by Crippen LogP contribution is -2.75. The number of hydrogen-bond donors (Lipinski definition) is 0. The Morgan fingerprint density at radius 2 is 0.892 bits per heavy atom. The van der Waals surface area contributed by atoms with Crippen molar-refractivity contribution in [2.24, 2.45) is 0 Å². The molecule has 0 aromatic rings. The molecule has 0 fully saturated rings. The van der Waals surface area contributed by atoms with Crippen molar-refractivity contribution in [3.05, 3.63) is 12.2 Å². The smallest absolute Gasteiger partial charge is 0.393 e. The molecule has 0 bridgehead atoms.